The Morgan fingerprint density at radius 1 is 1.40 bits per heavy atom. The van der Waals surface area contributed by atoms with Crippen LogP contribution in [0.25, 0.3) is 0 Å². The van der Waals surface area contributed by atoms with Gasteiger partial charge in [-0.2, -0.15) is 4.99 Å². The second kappa shape index (κ2) is 5.32. The van der Waals surface area contributed by atoms with Crippen molar-refractivity contribution < 1.29 is 9.53 Å². The zero-order valence-corrected chi connectivity index (χ0v) is 9.33. The molecule has 0 radical (unpaired) electrons. The number of isocyanates is 1. The normalized spacial score (nSPS) is 9.53. The van der Waals surface area contributed by atoms with Gasteiger partial charge in [-0.25, -0.2) is 4.79 Å². The number of carbonyl (C=O) groups excluding carboxylic acids is 1. The lowest BCUT2D eigenvalue weighted by molar-refractivity contribution is 0.318. The zero-order chi connectivity index (χ0) is 11.3. The molecule has 1 aromatic carbocycles. The molecule has 1 rings (SSSR count). The van der Waals surface area contributed by atoms with E-state index < -0.39 is 0 Å². The molecule has 0 fully saturated rings. The number of hydrogen-bond donors (Lipinski definition) is 0. The van der Waals surface area contributed by atoms with E-state index in [1.807, 2.05) is 32.9 Å². The van der Waals surface area contributed by atoms with Gasteiger partial charge in [0.05, 0.1) is 6.61 Å². The van der Waals surface area contributed by atoms with Gasteiger partial charge >= 0.3 is 0 Å². The Hall–Kier alpha value is -1.60. The molecule has 0 atom stereocenters. The van der Waals surface area contributed by atoms with Gasteiger partial charge in [-0.05, 0) is 37.5 Å². The van der Waals surface area contributed by atoms with Gasteiger partial charge < -0.3 is 4.74 Å². The number of nitrogens with zero attached hydrogens (tertiary/aromatic N) is 1. The van der Waals surface area contributed by atoms with Crippen molar-refractivity contribution in [3.8, 4) is 5.75 Å². The molecule has 0 aliphatic heterocycles. The Morgan fingerprint density at radius 3 is 2.73 bits per heavy atom. The molecule has 0 unspecified atom stereocenters. The van der Waals surface area contributed by atoms with Crippen molar-refractivity contribution in [3.05, 3.63) is 23.3 Å². The van der Waals surface area contributed by atoms with Crippen LogP contribution in [0.3, 0.4) is 0 Å². The summed E-state index contributed by atoms with van der Waals surface area (Å²) < 4.78 is 5.53. The smallest absolute Gasteiger partial charge is 0.240 e. The minimum absolute atomic E-state index is 0.587. The van der Waals surface area contributed by atoms with E-state index in [2.05, 4.69) is 4.99 Å². The van der Waals surface area contributed by atoms with Crippen LogP contribution < -0.4 is 4.74 Å². The molecule has 1 aromatic rings. The Labute approximate surface area is 89.8 Å². The standard InChI is InChI=1S/C12H15NO2/c1-4-5-15-11-7-9(2)6-10(3)12(11)13-8-14/h6-7H,4-5H2,1-3H3. The molecule has 3 heteroatoms. The van der Waals surface area contributed by atoms with Crippen molar-refractivity contribution >= 4 is 11.8 Å². The first-order valence-corrected chi connectivity index (χ1v) is 5.01. The van der Waals surface area contributed by atoms with Crippen LogP contribution in [0, 0.1) is 13.8 Å². The van der Waals surface area contributed by atoms with Crippen LogP contribution >= 0.6 is 0 Å². The largest absolute Gasteiger partial charge is 0.491 e. The number of ether oxygens (including phenoxy) is 1. The average molecular weight is 205 g/mol. The molecule has 0 N–H and O–H groups in total. The molecule has 0 heterocycles. The summed E-state index contributed by atoms with van der Waals surface area (Å²) in [5, 5.41) is 0. The second-order valence-electron chi connectivity index (χ2n) is 3.48. The van der Waals surface area contributed by atoms with Gasteiger partial charge in [0.2, 0.25) is 6.08 Å². The molecule has 0 amide bonds. The highest BCUT2D eigenvalue weighted by atomic mass is 16.5. The zero-order valence-electron chi connectivity index (χ0n) is 9.33. The second-order valence-corrected chi connectivity index (χ2v) is 3.48. The van der Waals surface area contributed by atoms with E-state index in [1.165, 1.54) is 0 Å². The number of aryl methyl sites for hydroxylation is 2. The maximum atomic E-state index is 10.3. The maximum absolute atomic E-state index is 10.3. The molecule has 80 valence electrons. The topological polar surface area (TPSA) is 38.7 Å². The van der Waals surface area contributed by atoms with E-state index in [9.17, 15) is 4.79 Å². The highest BCUT2D eigenvalue weighted by molar-refractivity contribution is 5.63. The Kier molecular flexibility index (Phi) is 4.07. The minimum Gasteiger partial charge on any atom is -0.491 e. The highest BCUT2D eigenvalue weighted by Gasteiger charge is 2.07. The van der Waals surface area contributed by atoms with Crippen molar-refractivity contribution in [3.63, 3.8) is 0 Å². The molecular weight excluding hydrogens is 190 g/mol. The van der Waals surface area contributed by atoms with Crippen LogP contribution in [0.1, 0.15) is 24.5 Å². The third kappa shape index (κ3) is 2.93. The maximum Gasteiger partial charge on any atom is 0.240 e. The van der Waals surface area contributed by atoms with Crippen LogP contribution in [0.5, 0.6) is 5.75 Å². The van der Waals surface area contributed by atoms with Crippen LogP contribution in [-0.2, 0) is 4.79 Å². The van der Waals surface area contributed by atoms with E-state index in [-0.39, 0.29) is 0 Å². The van der Waals surface area contributed by atoms with Crippen molar-refractivity contribution in [2.75, 3.05) is 6.61 Å². The van der Waals surface area contributed by atoms with Gasteiger partial charge in [0, 0.05) is 0 Å². The summed E-state index contributed by atoms with van der Waals surface area (Å²) in [7, 11) is 0. The van der Waals surface area contributed by atoms with E-state index in [0.717, 1.165) is 17.5 Å². The minimum atomic E-state index is 0.587. The molecular formula is C12H15NO2. The lowest BCUT2D eigenvalue weighted by Gasteiger charge is -2.10. The summed E-state index contributed by atoms with van der Waals surface area (Å²) in [4.78, 5) is 14.0. The van der Waals surface area contributed by atoms with Crippen LogP contribution in [0.4, 0.5) is 5.69 Å². The van der Waals surface area contributed by atoms with Crippen molar-refractivity contribution in [2.24, 2.45) is 4.99 Å². The Bertz CT molecular complexity index is 393. The number of aliphatic imine (C=N–C) groups is 1. The van der Waals surface area contributed by atoms with Crippen molar-refractivity contribution in [1.29, 1.82) is 0 Å². The fraction of sp³-hybridized carbons (Fsp3) is 0.417. The fourth-order valence-corrected chi connectivity index (χ4v) is 1.43. The first-order chi connectivity index (χ1) is 7.19. The van der Waals surface area contributed by atoms with Crippen molar-refractivity contribution in [2.45, 2.75) is 27.2 Å². The van der Waals surface area contributed by atoms with Gasteiger partial charge in [-0.15, -0.1) is 0 Å². The van der Waals surface area contributed by atoms with Crippen LogP contribution in [0.15, 0.2) is 17.1 Å². The summed E-state index contributed by atoms with van der Waals surface area (Å²) in [5.74, 6) is 0.665. The summed E-state index contributed by atoms with van der Waals surface area (Å²) in [6.45, 7) is 6.55. The van der Waals surface area contributed by atoms with E-state index >= 15 is 0 Å². The van der Waals surface area contributed by atoms with Crippen molar-refractivity contribution in [1.82, 2.24) is 0 Å². The van der Waals surface area contributed by atoms with Crippen LogP contribution in [-0.4, -0.2) is 12.7 Å². The molecule has 0 aromatic heterocycles. The van der Waals surface area contributed by atoms with Crippen LogP contribution in [0.2, 0.25) is 0 Å². The SMILES string of the molecule is CCCOc1cc(C)cc(C)c1N=C=O. The monoisotopic (exact) mass is 205 g/mol. The third-order valence-corrected chi connectivity index (χ3v) is 2.03. The Morgan fingerprint density at radius 2 is 2.13 bits per heavy atom. The number of hydrogen-bond acceptors (Lipinski definition) is 3. The summed E-state index contributed by atoms with van der Waals surface area (Å²) in [6.07, 6.45) is 2.48. The lowest BCUT2D eigenvalue weighted by Crippen LogP contribution is -1.96. The average Bonchev–Trinajstić information content (AvgIpc) is 2.19. The third-order valence-electron chi connectivity index (χ3n) is 2.03. The summed E-state index contributed by atoms with van der Waals surface area (Å²) in [5.41, 5.74) is 2.62. The molecule has 0 aliphatic rings. The predicted octanol–water partition coefficient (Wildman–Crippen LogP) is 3.06. The molecule has 0 saturated carbocycles. The highest BCUT2D eigenvalue weighted by Crippen LogP contribution is 2.32. The van der Waals surface area contributed by atoms with Gasteiger partial charge in [0.1, 0.15) is 11.4 Å². The first-order valence-electron chi connectivity index (χ1n) is 5.01. The molecule has 0 spiro atoms. The number of benzene rings is 1. The first kappa shape index (κ1) is 11.5. The molecule has 0 bridgehead atoms. The van der Waals surface area contributed by atoms with Gasteiger partial charge in [0.25, 0.3) is 0 Å². The molecule has 3 nitrogen and oxygen atoms in total. The Balaban J connectivity index is 3.14. The summed E-state index contributed by atoms with van der Waals surface area (Å²) in [6, 6.07) is 3.85. The molecule has 0 aliphatic carbocycles. The molecule has 15 heavy (non-hydrogen) atoms. The number of rotatable bonds is 4. The van der Waals surface area contributed by atoms with E-state index in [1.54, 1.807) is 6.08 Å². The predicted molar refractivity (Wildman–Crippen MR) is 59.5 cm³/mol. The van der Waals surface area contributed by atoms with E-state index in [0.29, 0.717) is 18.0 Å². The quantitative estimate of drug-likeness (QED) is 0.559. The van der Waals surface area contributed by atoms with Gasteiger partial charge in [0.15, 0.2) is 0 Å². The lowest BCUT2D eigenvalue weighted by atomic mass is 10.1. The summed E-state index contributed by atoms with van der Waals surface area (Å²) >= 11 is 0. The molecule has 0 saturated heterocycles. The van der Waals surface area contributed by atoms with Gasteiger partial charge in [-0.1, -0.05) is 13.0 Å². The fourth-order valence-electron chi connectivity index (χ4n) is 1.43. The van der Waals surface area contributed by atoms with E-state index in [4.69, 9.17) is 4.74 Å². The van der Waals surface area contributed by atoms with Gasteiger partial charge in [-0.3, -0.25) is 0 Å².